The quantitative estimate of drug-likeness (QED) is 0.813. The van der Waals surface area contributed by atoms with Crippen LogP contribution in [-0.2, 0) is 14.8 Å². The van der Waals surface area contributed by atoms with E-state index in [-0.39, 0.29) is 11.9 Å². The number of piperidine rings is 1. The maximum atomic E-state index is 12.6. The average Bonchev–Trinajstić information content (AvgIpc) is 3.17. The van der Waals surface area contributed by atoms with Crippen molar-refractivity contribution in [2.75, 3.05) is 13.1 Å². The third-order valence-electron chi connectivity index (χ3n) is 4.59. The normalized spacial score (nSPS) is 17.2. The Labute approximate surface area is 158 Å². The fourth-order valence-electron chi connectivity index (χ4n) is 3.02. The van der Waals surface area contributed by atoms with Crippen LogP contribution >= 0.6 is 11.3 Å². The Hall–Kier alpha value is -1.74. The Balaban J connectivity index is 1.56. The number of benzene rings is 1. The van der Waals surface area contributed by atoms with E-state index in [0.717, 1.165) is 11.1 Å². The van der Waals surface area contributed by atoms with E-state index in [1.807, 2.05) is 31.2 Å². The van der Waals surface area contributed by atoms with E-state index < -0.39 is 16.1 Å². The van der Waals surface area contributed by atoms with Gasteiger partial charge in [0.1, 0.15) is 10.3 Å². The molecule has 0 bridgehead atoms. The summed E-state index contributed by atoms with van der Waals surface area (Å²) < 4.78 is 27.6. The van der Waals surface area contributed by atoms with Gasteiger partial charge in [-0.3, -0.25) is 4.79 Å². The molecule has 2 heterocycles. The molecule has 3 rings (SSSR count). The number of thiophene rings is 1. The van der Waals surface area contributed by atoms with Gasteiger partial charge < -0.3 is 10.6 Å². The molecule has 1 amide bonds. The van der Waals surface area contributed by atoms with Gasteiger partial charge in [-0.25, -0.2) is 13.1 Å². The molecule has 1 aromatic heterocycles. The topological polar surface area (TPSA) is 92.5 Å². The first kappa shape index (κ1) is 19.0. The molecule has 3 N–H and O–H groups in total. The zero-order valence-electron chi connectivity index (χ0n) is 14.6. The summed E-state index contributed by atoms with van der Waals surface area (Å²) in [5, 5.41) is 1.74. The number of nitrogens with zero attached hydrogens (tertiary/aromatic N) is 1. The van der Waals surface area contributed by atoms with E-state index in [1.165, 1.54) is 11.3 Å². The zero-order chi connectivity index (χ0) is 18.7. The van der Waals surface area contributed by atoms with Crippen molar-refractivity contribution in [2.45, 2.75) is 36.1 Å². The van der Waals surface area contributed by atoms with Crippen LogP contribution in [0, 0.1) is 6.92 Å². The van der Waals surface area contributed by atoms with E-state index in [1.54, 1.807) is 22.4 Å². The minimum atomic E-state index is -3.48. The molecule has 140 valence electrons. The Morgan fingerprint density at radius 3 is 2.46 bits per heavy atom. The van der Waals surface area contributed by atoms with Gasteiger partial charge in [-0.05, 0) is 36.8 Å². The Bertz CT molecular complexity index is 840. The smallest absolute Gasteiger partial charge is 0.250 e. The van der Waals surface area contributed by atoms with E-state index in [9.17, 15) is 13.2 Å². The zero-order valence-corrected chi connectivity index (χ0v) is 16.2. The molecule has 0 aliphatic carbocycles. The minimum Gasteiger partial charge on any atom is -0.341 e. The highest BCUT2D eigenvalue weighted by atomic mass is 32.2. The largest absolute Gasteiger partial charge is 0.341 e. The molecule has 1 aliphatic heterocycles. The lowest BCUT2D eigenvalue weighted by Gasteiger charge is -2.33. The molecule has 1 atom stereocenters. The maximum absolute atomic E-state index is 12.6. The fraction of sp³-hybridized carbons (Fsp3) is 0.389. The van der Waals surface area contributed by atoms with E-state index >= 15 is 0 Å². The van der Waals surface area contributed by atoms with Gasteiger partial charge in [0.15, 0.2) is 0 Å². The van der Waals surface area contributed by atoms with Gasteiger partial charge in [-0.2, -0.15) is 0 Å². The summed E-state index contributed by atoms with van der Waals surface area (Å²) in [6.45, 7) is 2.98. The number of nitrogens with two attached hydrogens (primary N) is 1. The number of sulfonamides is 1. The molecule has 0 spiro atoms. The van der Waals surface area contributed by atoms with Gasteiger partial charge in [0.25, 0.3) is 0 Å². The highest BCUT2D eigenvalue weighted by Crippen LogP contribution is 2.21. The van der Waals surface area contributed by atoms with Crippen molar-refractivity contribution in [2.24, 2.45) is 5.73 Å². The molecule has 26 heavy (non-hydrogen) atoms. The number of rotatable bonds is 5. The highest BCUT2D eigenvalue weighted by Gasteiger charge is 2.29. The molecular weight excluding hydrogens is 370 g/mol. The summed E-state index contributed by atoms with van der Waals surface area (Å²) in [5.74, 6) is -0.117. The molecule has 1 aromatic carbocycles. The van der Waals surface area contributed by atoms with Gasteiger partial charge in [-0.15, -0.1) is 11.3 Å². The number of hydrogen-bond acceptors (Lipinski definition) is 5. The lowest BCUT2D eigenvalue weighted by Crippen LogP contribution is -2.48. The van der Waals surface area contributed by atoms with Gasteiger partial charge >= 0.3 is 0 Å². The van der Waals surface area contributed by atoms with Crippen LogP contribution in [0.4, 0.5) is 0 Å². The molecule has 0 radical (unpaired) electrons. The van der Waals surface area contributed by atoms with Crippen molar-refractivity contribution >= 4 is 27.3 Å². The maximum Gasteiger partial charge on any atom is 0.250 e. The second kappa shape index (κ2) is 7.87. The number of carbonyl (C=O) groups is 1. The van der Waals surface area contributed by atoms with Crippen molar-refractivity contribution < 1.29 is 13.2 Å². The third-order valence-corrected chi connectivity index (χ3v) is 7.51. The Morgan fingerprint density at radius 2 is 1.88 bits per heavy atom. The average molecular weight is 394 g/mol. The predicted molar refractivity (Wildman–Crippen MR) is 102 cm³/mol. The summed E-state index contributed by atoms with van der Waals surface area (Å²) >= 11 is 1.19. The monoisotopic (exact) mass is 393 g/mol. The summed E-state index contributed by atoms with van der Waals surface area (Å²) in [4.78, 5) is 14.3. The summed E-state index contributed by atoms with van der Waals surface area (Å²) in [6.07, 6.45) is 1.16. The first-order chi connectivity index (χ1) is 12.4. The van der Waals surface area contributed by atoms with Crippen LogP contribution in [0.3, 0.4) is 0 Å². The van der Waals surface area contributed by atoms with Crippen LogP contribution in [-0.4, -0.2) is 38.4 Å². The molecule has 0 saturated carbocycles. The number of nitrogens with one attached hydrogen (secondary N) is 1. The van der Waals surface area contributed by atoms with Gasteiger partial charge in [0, 0.05) is 19.1 Å². The highest BCUT2D eigenvalue weighted by molar-refractivity contribution is 7.91. The van der Waals surface area contributed by atoms with Crippen molar-refractivity contribution in [1.29, 1.82) is 0 Å². The first-order valence-corrected chi connectivity index (χ1v) is 10.9. The molecule has 6 nitrogen and oxygen atoms in total. The van der Waals surface area contributed by atoms with Crippen molar-refractivity contribution in [3.63, 3.8) is 0 Å². The second-order valence-corrected chi connectivity index (χ2v) is 9.43. The van der Waals surface area contributed by atoms with Gasteiger partial charge in [-0.1, -0.05) is 35.9 Å². The fourth-order valence-corrected chi connectivity index (χ4v) is 5.34. The van der Waals surface area contributed by atoms with Crippen molar-refractivity contribution in [3.8, 4) is 0 Å². The van der Waals surface area contributed by atoms with Gasteiger partial charge in [0.2, 0.25) is 15.9 Å². The molecule has 2 aromatic rings. The second-order valence-electron chi connectivity index (χ2n) is 6.54. The van der Waals surface area contributed by atoms with Crippen LogP contribution in [0.1, 0.15) is 30.0 Å². The SMILES string of the molecule is Cc1ccc(C(N)C(=O)N2CCC(NS(=O)(=O)c3cccs3)CC2)cc1. The summed E-state index contributed by atoms with van der Waals surface area (Å²) in [6, 6.07) is 10.1. The van der Waals surface area contributed by atoms with Crippen molar-refractivity contribution in [1.82, 2.24) is 9.62 Å². The van der Waals surface area contributed by atoms with Crippen LogP contribution in [0.25, 0.3) is 0 Å². The summed E-state index contributed by atoms with van der Waals surface area (Å²) in [5.41, 5.74) is 8.03. The molecule has 8 heteroatoms. The number of likely N-dealkylation sites (tertiary alicyclic amines) is 1. The lowest BCUT2D eigenvalue weighted by molar-refractivity contribution is -0.133. The van der Waals surface area contributed by atoms with Crippen LogP contribution < -0.4 is 10.5 Å². The molecule has 1 aliphatic rings. The van der Waals surface area contributed by atoms with Crippen LogP contribution in [0.15, 0.2) is 46.0 Å². The van der Waals surface area contributed by atoms with Crippen molar-refractivity contribution in [3.05, 3.63) is 52.9 Å². The number of hydrogen-bond donors (Lipinski definition) is 2. The van der Waals surface area contributed by atoms with E-state index in [0.29, 0.717) is 30.1 Å². The Kier molecular flexibility index (Phi) is 5.76. The van der Waals surface area contributed by atoms with E-state index in [2.05, 4.69) is 4.72 Å². The van der Waals surface area contributed by atoms with Crippen LogP contribution in [0.5, 0.6) is 0 Å². The van der Waals surface area contributed by atoms with Gasteiger partial charge in [0.05, 0.1) is 0 Å². The van der Waals surface area contributed by atoms with E-state index in [4.69, 9.17) is 5.73 Å². The predicted octanol–water partition coefficient (Wildman–Crippen LogP) is 2.03. The summed E-state index contributed by atoms with van der Waals surface area (Å²) in [7, 11) is -3.48. The number of carbonyl (C=O) groups excluding carboxylic acids is 1. The molecule has 1 saturated heterocycles. The minimum absolute atomic E-state index is 0.117. The lowest BCUT2D eigenvalue weighted by atomic mass is 10.0. The van der Waals surface area contributed by atoms with Crippen LogP contribution in [0.2, 0.25) is 0 Å². The number of aryl methyl sites for hydroxylation is 1. The first-order valence-electron chi connectivity index (χ1n) is 8.53. The molecule has 1 unspecified atom stereocenters. The third kappa shape index (κ3) is 4.32. The Morgan fingerprint density at radius 1 is 1.23 bits per heavy atom. The number of amides is 1. The standard InChI is InChI=1S/C18H23N3O3S2/c1-13-4-6-14(7-5-13)17(19)18(22)21-10-8-15(9-11-21)20-26(23,24)16-3-2-12-25-16/h2-7,12,15,17,20H,8-11,19H2,1H3. The molecular formula is C18H23N3O3S2. The molecule has 1 fully saturated rings.